The summed E-state index contributed by atoms with van der Waals surface area (Å²) < 4.78 is 7.44. The van der Waals surface area contributed by atoms with Gasteiger partial charge in [-0.3, -0.25) is 14.2 Å². The lowest BCUT2D eigenvalue weighted by Crippen LogP contribution is -2.26. The highest BCUT2D eigenvalue weighted by atomic mass is 32.2. The Bertz CT molecular complexity index is 1300. The molecule has 6 nitrogen and oxygen atoms in total. The number of carbonyl (C=O) groups excluding carboxylic acids is 1. The Morgan fingerprint density at radius 3 is 2.36 bits per heavy atom. The first kappa shape index (κ1) is 22.6. The van der Waals surface area contributed by atoms with Crippen molar-refractivity contribution < 1.29 is 9.53 Å². The van der Waals surface area contributed by atoms with Crippen LogP contribution in [0.15, 0.2) is 88.8 Å². The van der Waals surface area contributed by atoms with Gasteiger partial charge in [0.05, 0.1) is 16.7 Å². The van der Waals surface area contributed by atoms with E-state index in [1.807, 2.05) is 62.4 Å². The molecule has 0 aliphatic rings. The number of hydrogen-bond acceptors (Lipinski definition) is 5. The maximum atomic E-state index is 13.0. The van der Waals surface area contributed by atoms with Gasteiger partial charge in [-0.05, 0) is 54.4 Å². The van der Waals surface area contributed by atoms with Crippen LogP contribution in [0.4, 0.5) is 5.69 Å². The zero-order chi connectivity index (χ0) is 23.2. The van der Waals surface area contributed by atoms with Gasteiger partial charge in [0.2, 0.25) is 5.91 Å². The van der Waals surface area contributed by atoms with Gasteiger partial charge >= 0.3 is 0 Å². The molecule has 0 bridgehead atoms. The summed E-state index contributed by atoms with van der Waals surface area (Å²) >= 11 is 1.27. The number of fused-ring (bicyclic) bond motifs is 1. The van der Waals surface area contributed by atoms with Gasteiger partial charge in [0.25, 0.3) is 5.56 Å². The van der Waals surface area contributed by atoms with Crippen molar-refractivity contribution in [1.29, 1.82) is 0 Å². The first-order valence-electron chi connectivity index (χ1n) is 10.7. The van der Waals surface area contributed by atoms with E-state index in [0.717, 1.165) is 5.75 Å². The summed E-state index contributed by atoms with van der Waals surface area (Å²) in [5.41, 5.74) is 1.23. The number of rotatable bonds is 8. The molecular weight excluding hydrogens is 434 g/mol. The number of benzene rings is 3. The van der Waals surface area contributed by atoms with Gasteiger partial charge in [0.15, 0.2) is 5.16 Å². The molecule has 1 amide bonds. The van der Waals surface area contributed by atoms with Crippen molar-refractivity contribution in [3.63, 3.8) is 0 Å². The van der Waals surface area contributed by atoms with E-state index in [0.29, 0.717) is 34.0 Å². The zero-order valence-corrected chi connectivity index (χ0v) is 19.3. The minimum atomic E-state index is -0.171. The second kappa shape index (κ2) is 10.4. The average Bonchev–Trinajstić information content (AvgIpc) is 2.81. The lowest BCUT2D eigenvalue weighted by atomic mass is 10.2. The molecule has 1 heterocycles. The Labute approximate surface area is 196 Å². The van der Waals surface area contributed by atoms with Crippen molar-refractivity contribution in [1.82, 2.24) is 9.55 Å². The molecule has 0 aliphatic carbocycles. The van der Waals surface area contributed by atoms with Crippen LogP contribution in [0.5, 0.6) is 11.5 Å². The van der Waals surface area contributed by atoms with E-state index in [1.165, 1.54) is 11.8 Å². The van der Waals surface area contributed by atoms with Crippen LogP contribution in [0.25, 0.3) is 10.9 Å². The highest BCUT2D eigenvalue weighted by Gasteiger charge is 2.14. The second-order valence-electron chi connectivity index (χ2n) is 8.00. The molecule has 0 saturated heterocycles. The fraction of sp³-hybridized carbons (Fsp3) is 0.192. The maximum Gasteiger partial charge on any atom is 0.262 e. The van der Waals surface area contributed by atoms with Crippen LogP contribution in [-0.2, 0) is 11.3 Å². The van der Waals surface area contributed by atoms with E-state index in [1.54, 1.807) is 34.9 Å². The third kappa shape index (κ3) is 5.81. The molecule has 0 spiro atoms. The smallest absolute Gasteiger partial charge is 0.262 e. The molecule has 3 aromatic carbocycles. The van der Waals surface area contributed by atoms with E-state index >= 15 is 0 Å². The van der Waals surface area contributed by atoms with Crippen LogP contribution in [-0.4, -0.2) is 21.2 Å². The fourth-order valence-corrected chi connectivity index (χ4v) is 4.15. The number of aromatic nitrogens is 2. The van der Waals surface area contributed by atoms with Crippen molar-refractivity contribution >= 4 is 34.3 Å². The van der Waals surface area contributed by atoms with Gasteiger partial charge in [-0.2, -0.15) is 0 Å². The molecule has 1 N–H and O–H groups in total. The van der Waals surface area contributed by atoms with Crippen molar-refractivity contribution in [2.24, 2.45) is 5.92 Å². The molecule has 0 atom stereocenters. The minimum Gasteiger partial charge on any atom is -0.457 e. The van der Waals surface area contributed by atoms with Crippen LogP contribution in [0, 0.1) is 5.92 Å². The van der Waals surface area contributed by atoms with Gasteiger partial charge in [-0.1, -0.05) is 55.9 Å². The number of anilines is 1. The summed E-state index contributed by atoms with van der Waals surface area (Å²) in [6.45, 7) is 4.64. The normalized spacial score (nSPS) is 11.0. The third-order valence-electron chi connectivity index (χ3n) is 4.82. The topological polar surface area (TPSA) is 73.2 Å². The Morgan fingerprint density at radius 2 is 1.64 bits per heavy atom. The summed E-state index contributed by atoms with van der Waals surface area (Å²) in [5, 5.41) is 4.02. The molecular formula is C26H25N3O3S. The van der Waals surface area contributed by atoms with Crippen LogP contribution in [0.2, 0.25) is 0 Å². The molecule has 0 aliphatic heterocycles. The molecule has 0 fully saturated rings. The van der Waals surface area contributed by atoms with E-state index in [9.17, 15) is 9.59 Å². The predicted octanol–water partition coefficient (Wildman–Crippen LogP) is 5.58. The Morgan fingerprint density at radius 1 is 0.970 bits per heavy atom. The van der Waals surface area contributed by atoms with E-state index in [4.69, 9.17) is 4.74 Å². The quantitative estimate of drug-likeness (QED) is 0.275. The number of hydrogen-bond donors (Lipinski definition) is 1. The molecule has 4 rings (SSSR count). The predicted molar refractivity (Wildman–Crippen MR) is 133 cm³/mol. The number of amides is 1. The SMILES string of the molecule is CC(C)Cn1c(SCC(=O)Nc2ccc(Oc3ccccc3)cc2)nc2ccccc2c1=O. The van der Waals surface area contributed by atoms with Gasteiger partial charge in [-0.15, -0.1) is 0 Å². The molecule has 0 radical (unpaired) electrons. The van der Waals surface area contributed by atoms with Crippen LogP contribution in [0.1, 0.15) is 13.8 Å². The van der Waals surface area contributed by atoms with Gasteiger partial charge in [0, 0.05) is 12.2 Å². The second-order valence-corrected chi connectivity index (χ2v) is 8.94. The summed E-state index contributed by atoms with van der Waals surface area (Å²) in [6, 6.07) is 24.0. The van der Waals surface area contributed by atoms with Crippen LogP contribution < -0.4 is 15.6 Å². The number of carbonyl (C=O) groups is 1. The summed E-state index contributed by atoms with van der Waals surface area (Å²) in [4.78, 5) is 30.2. The first-order chi connectivity index (χ1) is 16.0. The van der Waals surface area contributed by atoms with Crippen molar-refractivity contribution in [2.75, 3.05) is 11.1 Å². The van der Waals surface area contributed by atoms with E-state index in [-0.39, 0.29) is 23.1 Å². The largest absolute Gasteiger partial charge is 0.457 e. The standard InChI is InChI=1S/C26H25N3O3S/c1-18(2)16-29-25(31)22-10-6-7-11-23(22)28-26(29)33-17-24(30)27-19-12-14-21(15-13-19)32-20-8-4-3-5-9-20/h3-15,18H,16-17H2,1-2H3,(H,27,30). The van der Waals surface area contributed by atoms with Crippen molar-refractivity contribution in [2.45, 2.75) is 25.5 Å². The average molecular weight is 460 g/mol. The zero-order valence-electron chi connectivity index (χ0n) is 18.5. The lowest BCUT2D eigenvalue weighted by Gasteiger charge is -2.15. The molecule has 33 heavy (non-hydrogen) atoms. The Hall–Kier alpha value is -3.58. The number of thioether (sulfide) groups is 1. The number of nitrogens with zero attached hydrogens (tertiary/aromatic N) is 2. The third-order valence-corrected chi connectivity index (χ3v) is 5.80. The maximum absolute atomic E-state index is 13.0. The van der Waals surface area contributed by atoms with Crippen LogP contribution in [0.3, 0.4) is 0 Å². The summed E-state index contributed by atoms with van der Waals surface area (Å²) in [5.74, 6) is 1.68. The van der Waals surface area contributed by atoms with E-state index < -0.39 is 0 Å². The Kier molecular flexibility index (Phi) is 7.10. The highest BCUT2D eigenvalue weighted by molar-refractivity contribution is 7.99. The van der Waals surface area contributed by atoms with Gasteiger partial charge in [0.1, 0.15) is 11.5 Å². The minimum absolute atomic E-state index is 0.0776. The molecule has 7 heteroatoms. The highest BCUT2D eigenvalue weighted by Crippen LogP contribution is 2.23. The molecule has 0 unspecified atom stereocenters. The summed E-state index contributed by atoms with van der Waals surface area (Å²) in [7, 11) is 0. The number of para-hydroxylation sites is 2. The fourth-order valence-electron chi connectivity index (χ4n) is 3.34. The Balaban J connectivity index is 1.43. The summed E-state index contributed by atoms with van der Waals surface area (Å²) in [6.07, 6.45) is 0. The number of ether oxygens (including phenoxy) is 1. The van der Waals surface area contributed by atoms with Crippen molar-refractivity contribution in [3.8, 4) is 11.5 Å². The van der Waals surface area contributed by atoms with Gasteiger partial charge < -0.3 is 10.1 Å². The molecule has 1 aromatic heterocycles. The monoisotopic (exact) mass is 459 g/mol. The lowest BCUT2D eigenvalue weighted by molar-refractivity contribution is -0.113. The number of nitrogens with one attached hydrogen (secondary N) is 1. The van der Waals surface area contributed by atoms with Crippen LogP contribution >= 0.6 is 11.8 Å². The van der Waals surface area contributed by atoms with Gasteiger partial charge in [-0.25, -0.2) is 4.98 Å². The first-order valence-corrected chi connectivity index (χ1v) is 11.7. The van der Waals surface area contributed by atoms with Crippen molar-refractivity contribution in [3.05, 3.63) is 89.2 Å². The molecule has 168 valence electrons. The molecule has 4 aromatic rings. The van der Waals surface area contributed by atoms with E-state index in [2.05, 4.69) is 10.3 Å². The molecule has 0 saturated carbocycles.